The monoisotopic (exact) mass is 626 g/mol. The molecule has 8 heteroatoms. The van der Waals surface area contributed by atoms with Crippen LogP contribution in [0.3, 0.4) is 0 Å². The summed E-state index contributed by atoms with van der Waals surface area (Å²) in [5, 5.41) is 6.25. The maximum absolute atomic E-state index is 13.7. The fraction of sp³-hybridized carbons (Fsp3) is 0.222. The second-order valence-electron chi connectivity index (χ2n) is 10.0. The maximum Gasteiger partial charge on any atom is 0.331 e. The van der Waals surface area contributed by atoms with Crippen LogP contribution in [0.4, 0.5) is 0 Å². The standard InChI is InChI=1S/C34H29ClN2O4S.C2H6/c1-5-37-31-14-8-23(33(39)27-16-20(2)6-7-21(27)3)17-28(31)29-18-24(9-15-32(29)37)34(40)30(36-41-22(4)38)19-42-26-12-10-25(35)11-13-26;1-2/h6-18H,5,19H2,1-4H3;1-2H3/b36-30+;. The van der Waals surface area contributed by atoms with Gasteiger partial charge in [-0.1, -0.05) is 48.3 Å². The van der Waals surface area contributed by atoms with Gasteiger partial charge in [0.05, 0.1) is 0 Å². The van der Waals surface area contributed by atoms with Gasteiger partial charge in [0.1, 0.15) is 5.71 Å². The van der Waals surface area contributed by atoms with Gasteiger partial charge in [-0.2, -0.15) is 0 Å². The fourth-order valence-electron chi connectivity index (χ4n) is 4.97. The molecule has 0 atom stereocenters. The molecule has 226 valence electrons. The van der Waals surface area contributed by atoms with Gasteiger partial charge < -0.3 is 9.40 Å². The van der Waals surface area contributed by atoms with Crippen molar-refractivity contribution in [3.8, 4) is 0 Å². The van der Waals surface area contributed by atoms with Crippen molar-refractivity contribution in [1.29, 1.82) is 0 Å². The second-order valence-corrected chi connectivity index (χ2v) is 11.5. The van der Waals surface area contributed by atoms with Gasteiger partial charge in [-0.3, -0.25) is 9.59 Å². The molecule has 0 saturated heterocycles. The molecule has 0 unspecified atom stereocenters. The molecule has 0 spiro atoms. The Morgan fingerprint density at radius 2 is 1.45 bits per heavy atom. The van der Waals surface area contributed by atoms with Crippen LogP contribution in [-0.4, -0.2) is 33.6 Å². The van der Waals surface area contributed by atoms with Crippen molar-refractivity contribution >= 4 is 68.4 Å². The average molecular weight is 627 g/mol. The van der Waals surface area contributed by atoms with E-state index in [1.165, 1.54) is 18.7 Å². The van der Waals surface area contributed by atoms with Crippen molar-refractivity contribution in [2.45, 2.75) is 53.0 Å². The zero-order valence-corrected chi connectivity index (χ0v) is 27.3. The molecule has 0 aliphatic carbocycles. The van der Waals surface area contributed by atoms with E-state index in [9.17, 15) is 14.4 Å². The lowest BCUT2D eigenvalue weighted by molar-refractivity contribution is -0.140. The number of hydrogen-bond acceptors (Lipinski definition) is 6. The van der Waals surface area contributed by atoms with Gasteiger partial charge in [0.2, 0.25) is 5.78 Å². The van der Waals surface area contributed by atoms with E-state index >= 15 is 0 Å². The predicted octanol–water partition coefficient (Wildman–Crippen LogP) is 9.24. The number of aromatic nitrogens is 1. The molecule has 1 aromatic heterocycles. The van der Waals surface area contributed by atoms with E-state index < -0.39 is 5.97 Å². The summed E-state index contributed by atoms with van der Waals surface area (Å²) in [7, 11) is 0. The number of ketones is 2. The van der Waals surface area contributed by atoms with E-state index in [1.54, 1.807) is 18.2 Å². The zero-order chi connectivity index (χ0) is 32.0. The lowest BCUT2D eigenvalue weighted by Gasteiger charge is -2.07. The summed E-state index contributed by atoms with van der Waals surface area (Å²) in [5.41, 5.74) is 5.65. The maximum atomic E-state index is 13.7. The third-order valence-electron chi connectivity index (χ3n) is 7.08. The first-order valence-corrected chi connectivity index (χ1v) is 15.9. The van der Waals surface area contributed by atoms with Crippen molar-refractivity contribution in [2.24, 2.45) is 5.16 Å². The van der Waals surface area contributed by atoms with Crippen LogP contribution < -0.4 is 0 Å². The minimum atomic E-state index is -0.612. The first-order chi connectivity index (χ1) is 21.2. The molecule has 0 amide bonds. The molecule has 6 nitrogen and oxygen atoms in total. The predicted molar refractivity (Wildman–Crippen MR) is 182 cm³/mol. The van der Waals surface area contributed by atoms with Crippen molar-refractivity contribution in [3.63, 3.8) is 0 Å². The smallest absolute Gasteiger partial charge is 0.331 e. The summed E-state index contributed by atoms with van der Waals surface area (Å²) in [6.07, 6.45) is 0. The van der Waals surface area contributed by atoms with Gasteiger partial charge in [0.25, 0.3) is 0 Å². The minimum absolute atomic E-state index is 0.0437. The quantitative estimate of drug-likeness (QED) is 0.0536. The van der Waals surface area contributed by atoms with Crippen molar-refractivity contribution in [3.05, 3.63) is 112 Å². The van der Waals surface area contributed by atoms with Crippen LogP contribution in [0.2, 0.25) is 5.02 Å². The Kier molecular flexibility index (Phi) is 10.8. The van der Waals surface area contributed by atoms with E-state index in [0.717, 1.165) is 37.8 Å². The van der Waals surface area contributed by atoms with Gasteiger partial charge in [0.15, 0.2) is 5.78 Å². The number of carbonyl (C=O) groups is 3. The van der Waals surface area contributed by atoms with Crippen molar-refractivity contribution < 1.29 is 19.2 Å². The Labute approximate surface area is 267 Å². The summed E-state index contributed by atoms with van der Waals surface area (Å²) in [6, 6.07) is 24.3. The highest BCUT2D eigenvalue weighted by Crippen LogP contribution is 2.32. The number of benzene rings is 4. The number of halogens is 1. The van der Waals surface area contributed by atoms with Crippen LogP contribution in [0.1, 0.15) is 65.1 Å². The number of oxime groups is 1. The number of thioether (sulfide) groups is 1. The summed E-state index contributed by atoms with van der Waals surface area (Å²) in [4.78, 5) is 44.5. The molecule has 5 aromatic rings. The van der Waals surface area contributed by atoms with E-state index in [4.69, 9.17) is 16.4 Å². The minimum Gasteiger partial charge on any atom is -0.341 e. The Bertz CT molecular complexity index is 1890. The Morgan fingerprint density at radius 3 is 2.07 bits per heavy atom. The number of Topliss-reactive ketones (excluding diaryl/α,β-unsaturated/α-hetero) is 1. The topological polar surface area (TPSA) is 77.7 Å². The molecule has 1 heterocycles. The molecular formula is C36H35ClN2O4S. The highest BCUT2D eigenvalue weighted by Gasteiger charge is 2.20. The number of hydrogen-bond donors (Lipinski definition) is 0. The van der Waals surface area contributed by atoms with Crippen LogP contribution in [0.15, 0.2) is 88.9 Å². The molecule has 0 N–H and O–H groups in total. The average Bonchev–Trinajstić information content (AvgIpc) is 3.35. The molecule has 0 saturated carbocycles. The lowest BCUT2D eigenvalue weighted by Crippen LogP contribution is -2.18. The Morgan fingerprint density at radius 1 is 0.841 bits per heavy atom. The second kappa shape index (κ2) is 14.5. The van der Waals surface area contributed by atoms with Crippen molar-refractivity contribution in [1.82, 2.24) is 4.57 Å². The van der Waals surface area contributed by atoms with E-state index in [2.05, 4.69) is 16.6 Å². The number of aryl methyl sites for hydroxylation is 3. The Balaban J connectivity index is 0.00000216. The molecule has 5 rings (SSSR count). The Hall–Kier alpha value is -4.20. The van der Waals surface area contributed by atoms with Crippen LogP contribution >= 0.6 is 23.4 Å². The summed E-state index contributed by atoms with van der Waals surface area (Å²) < 4.78 is 2.16. The molecular weight excluding hydrogens is 592 g/mol. The van der Waals surface area contributed by atoms with Crippen LogP contribution in [0, 0.1) is 13.8 Å². The molecule has 0 radical (unpaired) electrons. The third-order valence-corrected chi connectivity index (χ3v) is 8.35. The first-order valence-electron chi connectivity index (χ1n) is 14.5. The third kappa shape index (κ3) is 7.12. The van der Waals surface area contributed by atoms with Crippen LogP contribution in [-0.2, 0) is 16.2 Å². The largest absolute Gasteiger partial charge is 0.341 e. The normalized spacial score (nSPS) is 11.3. The first kappa shape index (κ1) is 32.7. The highest BCUT2D eigenvalue weighted by molar-refractivity contribution is 8.00. The number of rotatable bonds is 9. The fourth-order valence-corrected chi connectivity index (χ4v) is 5.91. The number of fused-ring (bicyclic) bond motifs is 3. The van der Waals surface area contributed by atoms with Gasteiger partial charge in [-0.05, 0) is 93.1 Å². The summed E-state index contributed by atoms with van der Waals surface area (Å²) >= 11 is 7.38. The van der Waals surface area contributed by atoms with Gasteiger partial charge in [0, 0.05) is 67.6 Å². The van der Waals surface area contributed by atoms with E-state index in [0.29, 0.717) is 28.3 Å². The molecule has 0 bridgehead atoms. The van der Waals surface area contributed by atoms with Gasteiger partial charge >= 0.3 is 5.97 Å². The zero-order valence-electron chi connectivity index (χ0n) is 25.7. The highest BCUT2D eigenvalue weighted by atomic mass is 35.5. The molecule has 0 fully saturated rings. The van der Waals surface area contributed by atoms with Crippen molar-refractivity contribution in [2.75, 3.05) is 5.75 Å². The molecule has 44 heavy (non-hydrogen) atoms. The van der Waals surface area contributed by atoms with Gasteiger partial charge in [-0.15, -0.1) is 11.8 Å². The van der Waals surface area contributed by atoms with E-state index in [1.807, 2.05) is 88.4 Å². The summed E-state index contributed by atoms with van der Waals surface area (Å²) in [6.45, 7) is 11.9. The molecule has 0 aliphatic heterocycles. The SMILES string of the molecule is CC.CCn1c2ccc(C(=O)/C(CSc3ccc(Cl)cc3)=N/OC(C)=O)cc2c2cc(C(=O)c3cc(C)ccc3C)ccc21. The number of carbonyl (C=O) groups excluding carboxylic acids is 3. The summed E-state index contributed by atoms with van der Waals surface area (Å²) in [5.74, 6) is -0.812. The van der Waals surface area contributed by atoms with Crippen LogP contribution in [0.5, 0.6) is 0 Å². The molecule has 0 aliphatic rings. The van der Waals surface area contributed by atoms with Gasteiger partial charge in [-0.25, -0.2) is 4.79 Å². The molecule has 4 aromatic carbocycles. The van der Waals surface area contributed by atoms with Crippen LogP contribution in [0.25, 0.3) is 21.8 Å². The van der Waals surface area contributed by atoms with E-state index in [-0.39, 0.29) is 23.0 Å². The lowest BCUT2D eigenvalue weighted by atomic mass is 9.96. The number of nitrogens with zero attached hydrogens (tertiary/aromatic N) is 2.